The van der Waals surface area contributed by atoms with Crippen LogP contribution >= 0.6 is 7.82 Å². The summed E-state index contributed by atoms with van der Waals surface area (Å²) in [6.07, 6.45) is 22.4. The molecule has 1 unspecified atom stereocenters. The minimum absolute atomic E-state index is 0.159. The molecule has 8 atom stereocenters. The van der Waals surface area contributed by atoms with Crippen LogP contribution in [0.25, 0.3) is 0 Å². The summed E-state index contributed by atoms with van der Waals surface area (Å²) in [5, 5.41) is 40.2. The fraction of sp³-hybridized carbons (Fsp3) is 0.825. The first-order valence-corrected chi connectivity index (χ1v) is 22.1. The summed E-state index contributed by atoms with van der Waals surface area (Å²) in [6.45, 7) is 2.35. The van der Waals surface area contributed by atoms with Gasteiger partial charge in [0.05, 0.1) is 37.9 Å². The molecule has 0 aliphatic heterocycles. The minimum atomic E-state index is -4.80. The number of aliphatic carboxylic acids is 1. The van der Waals surface area contributed by atoms with Crippen LogP contribution in [-0.2, 0) is 37.5 Å². The van der Waals surface area contributed by atoms with Crippen molar-refractivity contribution in [3.8, 4) is 0 Å². The third kappa shape index (κ3) is 25.7. The number of ether oxygens (including phenoxy) is 2. The second kappa shape index (κ2) is 30.9. The van der Waals surface area contributed by atoms with Gasteiger partial charge in [-0.25, -0.2) is 4.57 Å². The van der Waals surface area contributed by atoms with Crippen molar-refractivity contribution in [3.63, 3.8) is 0 Å². The molecule has 0 radical (unpaired) electrons. The van der Waals surface area contributed by atoms with E-state index in [-0.39, 0.29) is 31.1 Å². The SMILES string of the molecule is CCCCCCCCCCCCCCCC(=O)OC[C@H](COP(=O)(O)OC[C@H](N)C(=O)O)OC(=O)C/C=C\C[C@H]1[C@@H](/C=C/[C@H](O)CCCCC)[C@H](O)C[C@@H]1O. The van der Waals surface area contributed by atoms with E-state index in [9.17, 15) is 39.2 Å². The van der Waals surface area contributed by atoms with E-state index in [0.717, 1.165) is 38.5 Å². The molecule has 0 aromatic heterocycles. The Hall–Kier alpha value is -2.16. The Labute approximate surface area is 328 Å². The van der Waals surface area contributed by atoms with Gasteiger partial charge in [0, 0.05) is 18.8 Å². The molecule has 0 heterocycles. The lowest BCUT2D eigenvalue weighted by atomic mass is 9.89. The molecule has 0 bridgehead atoms. The van der Waals surface area contributed by atoms with Gasteiger partial charge in [-0.3, -0.25) is 23.4 Å². The molecule has 0 aromatic carbocycles. The smallest absolute Gasteiger partial charge is 0.472 e. The second-order valence-electron chi connectivity index (χ2n) is 14.8. The highest BCUT2D eigenvalue weighted by Gasteiger charge is 2.39. The fourth-order valence-corrected chi connectivity index (χ4v) is 7.23. The summed E-state index contributed by atoms with van der Waals surface area (Å²) >= 11 is 0. The number of allylic oxidation sites excluding steroid dienone is 1. The van der Waals surface area contributed by atoms with E-state index >= 15 is 0 Å². The molecule has 1 fully saturated rings. The minimum Gasteiger partial charge on any atom is -0.480 e. The zero-order valence-corrected chi connectivity index (χ0v) is 34.2. The maximum atomic E-state index is 12.7. The van der Waals surface area contributed by atoms with Gasteiger partial charge < -0.3 is 40.5 Å². The maximum absolute atomic E-state index is 12.7. The topological polar surface area (TPSA) is 232 Å². The Morgan fingerprint density at radius 2 is 1.35 bits per heavy atom. The Morgan fingerprint density at radius 3 is 1.95 bits per heavy atom. The van der Waals surface area contributed by atoms with Crippen LogP contribution in [-0.4, -0.2) is 93.5 Å². The van der Waals surface area contributed by atoms with Gasteiger partial charge >= 0.3 is 25.7 Å². The number of aliphatic hydroxyl groups excluding tert-OH is 3. The number of hydrogen-bond acceptors (Lipinski definition) is 12. The number of carbonyl (C=O) groups is 3. The Bertz CT molecular complexity index is 1150. The number of rotatable bonds is 34. The third-order valence-electron chi connectivity index (χ3n) is 9.81. The lowest BCUT2D eigenvalue weighted by Gasteiger charge is -2.20. The lowest BCUT2D eigenvalue weighted by molar-refractivity contribution is -0.160. The van der Waals surface area contributed by atoms with Crippen LogP contribution in [0.2, 0.25) is 0 Å². The summed E-state index contributed by atoms with van der Waals surface area (Å²) in [4.78, 5) is 46.1. The molecular formula is C40H72NO13P. The number of unbranched alkanes of at least 4 members (excludes halogenated alkanes) is 14. The van der Waals surface area contributed by atoms with Crippen LogP contribution in [0, 0.1) is 11.8 Å². The highest BCUT2D eigenvalue weighted by atomic mass is 31.2. The van der Waals surface area contributed by atoms with Gasteiger partial charge in [-0.1, -0.05) is 134 Å². The van der Waals surface area contributed by atoms with Gasteiger partial charge in [0.15, 0.2) is 6.10 Å². The zero-order chi connectivity index (χ0) is 40.9. The number of hydrogen-bond donors (Lipinski definition) is 6. The normalized spacial score (nSPS) is 21.4. The largest absolute Gasteiger partial charge is 0.480 e. The number of esters is 2. The van der Waals surface area contributed by atoms with Gasteiger partial charge in [0.1, 0.15) is 12.6 Å². The van der Waals surface area contributed by atoms with E-state index in [4.69, 9.17) is 24.8 Å². The van der Waals surface area contributed by atoms with E-state index in [0.29, 0.717) is 19.3 Å². The average molecular weight is 806 g/mol. The van der Waals surface area contributed by atoms with Gasteiger partial charge in [-0.15, -0.1) is 0 Å². The van der Waals surface area contributed by atoms with E-state index < -0.39 is 76.0 Å². The summed E-state index contributed by atoms with van der Waals surface area (Å²) in [7, 11) is -4.80. The Kier molecular flexibility index (Phi) is 28.6. The fourth-order valence-electron chi connectivity index (χ4n) is 6.45. The number of carboxylic acids is 1. The molecule has 0 amide bonds. The van der Waals surface area contributed by atoms with Crippen molar-refractivity contribution in [2.45, 2.75) is 179 Å². The predicted octanol–water partition coefficient (Wildman–Crippen LogP) is 6.66. The van der Waals surface area contributed by atoms with Crippen LogP contribution in [0.4, 0.5) is 0 Å². The average Bonchev–Trinajstić information content (AvgIpc) is 3.41. The molecule has 15 heteroatoms. The maximum Gasteiger partial charge on any atom is 0.472 e. The molecule has 7 N–H and O–H groups in total. The van der Waals surface area contributed by atoms with E-state index in [2.05, 4.69) is 18.4 Å². The standard InChI is InChI=1S/C40H72NO13P/c1-3-5-7-8-9-10-11-12-13-14-15-16-18-23-38(45)51-28-32(29-52-55(49,50)53-30-35(41)40(47)48)54-39(46)24-20-19-22-33-34(37(44)27-36(33)43)26-25-31(42)21-17-6-4-2/h19-20,25-26,31-37,42-44H,3-18,21-24,27-30,41H2,1-2H3,(H,47,48)(H,49,50)/b20-19-,26-25+/t31-,32-,33+,34-,35+,36+,37-/m1/s1. The van der Waals surface area contributed by atoms with Crippen molar-refractivity contribution < 1.29 is 62.8 Å². The number of aliphatic hydroxyl groups is 3. The number of nitrogens with two attached hydrogens (primary N) is 1. The summed E-state index contributed by atoms with van der Waals surface area (Å²) in [5.74, 6) is -3.42. The van der Waals surface area contributed by atoms with Crippen molar-refractivity contribution in [2.24, 2.45) is 17.6 Å². The summed E-state index contributed by atoms with van der Waals surface area (Å²) in [6, 6.07) is -1.57. The molecule has 1 saturated carbocycles. The molecule has 320 valence electrons. The zero-order valence-electron chi connectivity index (χ0n) is 33.3. The molecule has 55 heavy (non-hydrogen) atoms. The molecule has 0 spiro atoms. The van der Waals surface area contributed by atoms with Crippen LogP contribution in [0.3, 0.4) is 0 Å². The molecule has 1 aliphatic rings. The van der Waals surface area contributed by atoms with Crippen molar-refractivity contribution in [3.05, 3.63) is 24.3 Å². The van der Waals surface area contributed by atoms with Gasteiger partial charge in [0.2, 0.25) is 0 Å². The monoisotopic (exact) mass is 805 g/mol. The molecule has 0 aromatic rings. The highest BCUT2D eigenvalue weighted by molar-refractivity contribution is 7.47. The van der Waals surface area contributed by atoms with Crippen LogP contribution < -0.4 is 5.73 Å². The van der Waals surface area contributed by atoms with Crippen LogP contribution in [0.15, 0.2) is 24.3 Å². The van der Waals surface area contributed by atoms with Crippen molar-refractivity contribution >= 4 is 25.7 Å². The van der Waals surface area contributed by atoms with E-state index in [1.165, 1.54) is 63.9 Å². The quantitative estimate of drug-likeness (QED) is 0.0173. The molecule has 14 nitrogen and oxygen atoms in total. The van der Waals surface area contributed by atoms with Crippen molar-refractivity contribution in [2.75, 3.05) is 19.8 Å². The molecule has 1 aliphatic carbocycles. The lowest BCUT2D eigenvalue weighted by Crippen LogP contribution is -2.34. The first-order valence-electron chi connectivity index (χ1n) is 20.6. The van der Waals surface area contributed by atoms with Crippen molar-refractivity contribution in [1.29, 1.82) is 0 Å². The van der Waals surface area contributed by atoms with Crippen LogP contribution in [0.1, 0.15) is 149 Å². The second-order valence-corrected chi connectivity index (χ2v) is 16.2. The van der Waals surface area contributed by atoms with Gasteiger partial charge in [-0.2, -0.15) is 0 Å². The van der Waals surface area contributed by atoms with Gasteiger partial charge in [-0.05, 0) is 25.2 Å². The molecule has 1 rings (SSSR count). The highest BCUT2D eigenvalue weighted by Crippen LogP contribution is 2.43. The number of carboxylic acid groups (broad SMARTS) is 1. The van der Waals surface area contributed by atoms with E-state index in [1.807, 2.05) is 0 Å². The Morgan fingerprint density at radius 1 is 0.782 bits per heavy atom. The first-order chi connectivity index (χ1) is 26.3. The van der Waals surface area contributed by atoms with Crippen LogP contribution in [0.5, 0.6) is 0 Å². The van der Waals surface area contributed by atoms with Crippen molar-refractivity contribution in [1.82, 2.24) is 0 Å². The summed E-state index contributed by atoms with van der Waals surface area (Å²) < 4.78 is 32.6. The molecular weight excluding hydrogens is 733 g/mol. The summed E-state index contributed by atoms with van der Waals surface area (Å²) in [5.41, 5.74) is 5.32. The number of carbonyl (C=O) groups excluding carboxylic acids is 2. The Balaban J connectivity index is 2.60. The predicted molar refractivity (Wildman–Crippen MR) is 210 cm³/mol. The number of phosphoric ester groups is 1. The number of phosphoric acid groups is 1. The first kappa shape index (κ1) is 50.9. The van der Waals surface area contributed by atoms with E-state index in [1.54, 1.807) is 18.2 Å². The molecule has 0 saturated heterocycles. The third-order valence-corrected chi connectivity index (χ3v) is 10.8. The van der Waals surface area contributed by atoms with Gasteiger partial charge in [0.25, 0.3) is 0 Å².